The van der Waals surface area contributed by atoms with Gasteiger partial charge in [0.1, 0.15) is 0 Å². The van der Waals surface area contributed by atoms with E-state index in [1.54, 1.807) is 0 Å². The van der Waals surface area contributed by atoms with Gasteiger partial charge in [-0.25, -0.2) is 0 Å². The lowest BCUT2D eigenvalue weighted by atomic mass is 9.92. The van der Waals surface area contributed by atoms with Crippen molar-refractivity contribution in [1.29, 1.82) is 0 Å². The van der Waals surface area contributed by atoms with Crippen LogP contribution in [-0.4, -0.2) is 18.5 Å². The van der Waals surface area contributed by atoms with Crippen molar-refractivity contribution < 1.29 is 4.79 Å². The summed E-state index contributed by atoms with van der Waals surface area (Å²) in [5.74, 6) is 0.707. The van der Waals surface area contributed by atoms with Crippen molar-refractivity contribution in [2.24, 2.45) is 17.1 Å². The zero-order valence-electron chi connectivity index (χ0n) is 12.3. The number of hydrogen-bond donors (Lipinski definition) is 2. The second kappa shape index (κ2) is 7.13. The van der Waals surface area contributed by atoms with E-state index >= 15 is 0 Å². The first kappa shape index (κ1) is 15.5. The third-order valence-electron chi connectivity index (χ3n) is 4.28. The van der Waals surface area contributed by atoms with Gasteiger partial charge in [-0.05, 0) is 39.0 Å². The predicted molar refractivity (Wildman–Crippen MR) is 76.2 cm³/mol. The molecule has 106 valence electrons. The SMILES string of the molecule is CCCC1CCCC(NCC(C)(C)C(N)=O)CC1. The Hall–Kier alpha value is -0.570. The van der Waals surface area contributed by atoms with E-state index in [0.717, 1.165) is 5.92 Å². The average Bonchev–Trinajstić information content (AvgIpc) is 2.52. The van der Waals surface area contributed by atoms with Gasteiger partial charge in [-0.3, -0.25) is 4.79 Å². The fourth-order valence-electron chi connectivity index (χ4n) is 2.77. The van der Waals surface area contributed by atoms with Crippen LogP contribution in [0.15, 0.2) is 0 Å². The Labute approximate surface area is 112 Å². The van der Waals surface area contributed by atoms with Crippen molar-refractivity contribution >= 4 is 5.91 Å². The molecule has 1 saturated carbocycles. The van der Waals surface area contributed by atoms with Crippen molar-refractivity contribution in [3.05, 3.63) is 0 Å². The van der Waals surface area contributed by atoms with E-state index in [4.69, 9.17) is 5.73 Å². The monoisotopic (exact) mass is 254 g/mol. The van der Waals surface area contributed by atoms with Crippen LogP contribution in [-0.2, 0) is 4.79 Å². The molecule has 1 aliphatic rings. The highest BCUT2D eigenvalue weighted by Crippen LogP contribution is 2.27. The van der Waals surface area contributed by atoms with Gasteiger partial charge in [0.2, 0.25) is 5.91 Å². The number of hydrogen-bond acceptors (Lipinski definition) is 2. The van der Waals surface area contributed by atoms with Crippen LogP contribution in [0.1, 0.15) is 65.7 Å². The van der Waals surface area contributed by atoms with Gasteiger partial charge in [-0.1, -0.05) is 32.6 Å². The first-order chi connectivity index (χ1) is 8.45. The molecule has 0 radical (unpaired) electrons. The van der Waals surface area contributed by atoms with Crippen LogP contribution >= 0.6 is 0 Å². The molecule has 3 heteroatoms. The van der Waals surface area contributed by atoms with Crippen LogP contribution in [0.4, 0.5) is 0 Å². The molecular formula is C15H30N2O. The van der Waals surface area contributed by atoms with E-state index in [1.807, 2.05) is 13.8 Å². The Morgan fingerprint density at radius 1 is 1.28 bits per heavy atom. The standard InChI is InChI=1S/C15H30N2O/c1-4-6-12-7-5-8-13(10-9-12)17-11-15(2,3)14(16)18/h12-13,17H,4-11H2,1-3H3,(H2,16,18). The highest BCUT2D eigenvalue weighted by Gasteiger charge is 2.26. The zero-order chi connectivity index (χ0) is 13.6. The Balaban J connectivity index is 2.33. The molecule has 0 saturated heterocycles. The molecule has 0 aromatic rings. The van der Waals surface area contributed by atoms with E-state index < -0.39 is 5.41 Å². The quantitative estimate of drug-likeness (QED) is 0.716. The van der Waals surface area contributed by atoms with Gasteiger partial charge in [0.25, 0.3) is 0 Å². The van der Waals surface area contributed by atoms with Crippen molar-refractivity contribution in [1.82, 2.24) is 5.32 Å². The summed E-state index contributed by atoms with van der Waals surface area (Å²) in [6, 6.07) is 0.575. The van der Waals surface area contributed by atoms with Crippen LogP contribution in [0.3, 0.4) is 0 Å². The lowest BCUT2D eigenvalue weighted by Gasteiger charge is -2.25. The number of nitrogens with one attached hydrogen (secondary N) is 1. The van der Waals surface area contributed by atoms with Crippen molar-refractivity contribution in [3.63, 3.8) is 0 Å². The van der Waals surface area contributed by atoms with Gasteiger partial charge in [-0.15, -0.1) is 0 Å². The Morgan fingerprint density at radius 2 is 2.00 bits per heavy atom. The molecule has 2 atom stereocenters. The molecular weight excluding hydrogens is 224 g/mol. The lowest BCUT2D eigenvalue weighted by molar-refractivity contribution is -0.125. The van der Waals surface area contributed by atoms with Crippen LogP contribution in [0.5, 0.6) is 0 Å². The highest BCUT2D eigenvalue weighted by molar-refractivity contribution is 5.80. The maximum Gasteiger partial charge on any atom is 0.224 e. The number of primary amides is 1. The Morgan fingerprint density at radius 3 is 2.61 bits per heavy atom. The van der Waals surface area contributed by atoms with Crippen molar-refractivity contribution in [2.75, 3.05) is 6.54 Å². The van der Waals surface area contributed by atoms with Crippen LogP contribution in [0.2, 0.25) is 0 Å². The largest absolute Gasteiger partial charge is 0.369 e. The molecule has 0 aromatic carbocycles. The average molecular weight is 254 g/mol. The number of amides is 1. The summed E-state index contributed by atoms with van der Waals surface area (Å²) in [6.45, 7) is 6.80. The first-order valence-electron chi connectivity index (χ1n) is 7.49. The normalized spacial score (nSPS) is 25.7. The van der Waals surface area contributed by atoms with Crippen LogP contribution < -0.4 is 11.1 Å². The van der Waals surface area contributed by atoms with Crippen molar-refractivity contribution in [3.8, 4) is 0 Å². The molecule has 0 bridgehead atoms. The van der Waals surface area contributed by atoms with E-state index in [2.05, 4.69) is 12.2 Å². The summed E-state index contributed by atoms with van der Waals surface area (Å²) < 4.78 is 0. The molecule has 2 unspecified atom stereocenters. The predicted octanol–water partition coefficient (Wildman–Crippen LogP) is 2.84. The molecule has 0 heterocycles. The van der Waals surface area contributed by atoms with E-state index in [-0.39, 0.29) is 5.91 Å². The van der Waals surface area contributed by atoms with E-state index in [1.165, 1.54) is 44.9 Å². The maximum atomic E-state index is 11.3. The molecule has 0 spiro atoms. The fraction of sp³-hybridized carbons (Fsp3) is 0.933. The van der Waals surface area contributed by atoms with Gasteiger partial charge in [0.05, 0.1) is 5.41 Å². The maximum absolute atomic E-state index is 11.3. The van der Waals surface area contributed by atoms with Gasteiger partial charge in [0.15, 0.2) is 0 Å². The minimum atomic E-state index is -0.435. The molecule has 0 aromatic heterocycles. The second-order valence-electron chi connectivity index (χ2n) is 6.49. The fourth-order valence-corrected chi connectivity index (χ4v) is 2.77. The third kappa shape index (κ3) is 4.97. The molecule has 1 aliphatic carbocycles. The van der Waals surface area contributed by atoms with Gasteiger partial charge >= 0.3 is 0 Å². The minimum Gasteiger partial charge on any atom is -0.369 e. The molecule has 3 N–H and O–H groups in total. The minimum absolute atomic E-state index is 0.215. The summed E-state index contributed by atoms with van der Waals surface area (Å²) in [5.41, 5.74) is 4.96. The Bertz CT molecular complexity index is 263. The topological polar surface area (TPSA) is 55.1 Å². The third-order valence-corrected chi connectivity index (χ3v) is 4.28. The summed E-state index contributed by atoms with van der Waals surface area (Å²) in [4.78, 5) is 11.3. The van der Waals surface area contributed by atoms with E-state index in [0.29, 0.717) is 12.6 Å². The lowest BCUT2D eigenvalue weighted by Crippen LogP contribution is -2.43. The number of nitrogens with two attached hydrogens (primary N) is 1. The van der Waals surface area contributed by atoms with Gasteiger partial charge in [-0.2, -0.15) is 0 Å². The summed E-state index contributed by atoms with van der Waals surface area (Å²) in [7, 11) is 0. The summed E-state index contributed by atoms with van der Waals surface area (Å²) in [6.07, 6.45) is 9.21. The second-order valence-corrected chi connectivity index (χ2v) is 6.49. The van der Waals surface area contributed by atoms with Gasteiger partial charge < -0.3 is 11.1 Å². The molecule has 1 fully saturated rings. The van der Waals surface area contributed by atoms with Crippen LogP contribution in [0, 0.1) is 11.3 Å². The molecule has 18 heavy (non-hydrogen) atoms. The molecule has 0 aliphatic heterocycles. The van der Waals surface area contributed by atoms with Crippen molar-refractivity contribution in [2.45, 2.75) is 71.8 Å². The Kier molecular flexibility index (Phi) is 6.13. The molecule has 3 nitrogen and oxygen atoms in total. The molecule has 1 rings (SSSR count). The van der Waals surface area contributed by atoms with Crippen LogP contribution in [0.25, 0.3) is 0 Å². The number of carbonyl (C=O) groups excluding carboxylic acids is 1. The number of carbonyl (C=O) groups is 1. The first-order valence-corrected chi connectivity index (χ1v) is 7.49. The van der Waals surface area contributed by atoms with E-state index in [9.17, 15) is 4.79 Å². The zero-order valence-corrected chi connectivity index (χ0v) is 12.3. The summed E-state index contributed by atoms with van der Waals surface area (Å²) >= 11 is 0. The van der Waals surface area contributed by atoms with Gasteiger partial charge in [0, 0.05) is 12.6 Å². The molecule has 1 amide bonds. The smallest absolute Gasteiger partial charge is 0.224 e. The summed E-state index contributed by atoms with van der Waals surface area (Å²) in [5, 5.41) is 3.55. The number of rotatable bonds is 6. The highest BCUT2D eigenvalue weighted by atomic mass is 16.1.